The van der Waals surface area contributed by atoms with Crippen LogP contribution < -0.4 is 10.2 Å². The molecule has 1 saturated heterocycles. The van der Waals surface area contributed by atoms with Crippen LogP contribution in [-0.2, 0) is 16.2 Å². The normalized spacial score (nSPS) is 19.1. The van der Waals surface area contributed by atoms with Gasteiger partial charge in [0.25, 0.3) is 5.91 Å². The second-order valence-electron chi connectivity index (χ2n) is 8.23. The molecule has 0 unspecified atom stereocenters. The van der Waals surface area contributed by atoms with Gasteiger partial charge < -0.3 is 10.2 Å². The van der Waals surface area contributed by atoms with Gasteiger partial charge in [0, 0.05) is 40.2 Å². The molecule has 9 heteroatoms. The first-order valence-corrected chi connectivity index (χ1v) is 12.0. The maximum absolute atomic E-state index is 14.4. The molecular formula is C25H20ClF2N3O2S. The number of hydrogen-bond acceptors (Lipinski definition) is 3. The third-order valence-corrected chi connectivity index (χ3v) is 7.70. The van der Waals surface area contributed by atoms with Crippen LogP contribution in [0.5, 0.6) is 0 Å². The van der Waals surface area contributed by atoms with Gasteiger partial charge in [-0.1, -0.05) is 35.4 Å². The summed E-state index contributed by atoms with van der Waals surface area (Å²) in [7, 11) is 0. The number of amides is 3. The van der Waals surface area contributed by atoms with Crippen molar-refractivity contribution in [2.75, 3.05) is 22.5 Å². The standard InChI is InChI=1S/C25H20ClF2N3O2S/c1-15-2-9-22-20(12-15)25(23(32)30(22)14-16-3-6-18(27)13-21(16)28)31(10-11-34-25)24(33)29-19-7-4-17(26)5-8-19/h2-9,12-13H,10-11,14H2,1H3,(H,29,33)/t25-/m0/s1. The number of aryl methyl sites for hydroxylation is 1. The van der Waals surface area contributed by atoms with Crippen molar-refractivity contribution in [2.45, 2.75) is 18.3 Å². The summed E-state index contributed by atoms with van der Waals surface area (Å²) in [6.07, 6.45) is 0. The number of nitrogens with one attached hydrogen (secondary N) is 1. The van der Waals surface area contributed by atoms with Crippen LogP contribution in [0.25, 0.3) is 0 Å². The van der Waals surface area contributed by atoms with Crippen molar-refractivity contribution in [3.05, 3.63) is 94.0 Å². The van der Waals surface area contributed by atoms with E-state index >= 15 is 0 Å². The fourth-order valence-corrected chi connectivity index (χ4v) is 6.01. The Kier molecular flexibility index (Phi) is 5.73. The Balaban J connectivity index is 1.53. The quantitative estimate of drug-likeness (QED) is 0.487. The van der Waals surface area contributed by atoms with E-state index in [1.165, 1.54) is 33.7 Å². The third-order valence-electron chi connectivity index (χ3n) is 6.03. The highest BCUT2D eigenvalue weighted by atomic mass is 35.5. The number of carbonyl (C=O) groups excluding carboxylic acids is 2. The van der Waals surface area contributed by atoms with E-state index in [9.17, 15) is 18.4 Å². The number of carbonyl (C=O) groups is 2. The van der Waals surface area contributed by atoms with Gasteiger partial charge in [-0.3, -0.25) is 9.69 Å². The van der Waals surface area contributed by atoms with E-state index < -0.39 is 22.5 Å². The van der Waals surface area contributed by atoms with E-state index in [1.54, 1.807) is 24.3 Å². The summed E-state index contributed by atoms with van der Waals surface area (Å²) in [4.78, 5) is 29.1. The number of urea groups is 1. The van der Waals surface area contributed by atoms with Crippen LogP contribution in [0, 0.1) is 18.6 Å². The number of anilines is 2. The lowest BCUT2D eigenvalue weighted by molar-refractivity contribution is -0.123. The average molecular weight is 500 g/mol. The van der Waals surface area contributed by atoms with Crippen molar-refractivity contribution >= 4 is 46.7 Å². The number of hydrogen-bond donors (Lipinski definition) is 1. The lowest BCUT2D eigenvalue weighted by Gasteiger charge is -2.33. The summed E-state index contributed by atoms with van der Waals surface area (Å²) in [6.45, 7) is 2.20. The van der Waals surface area contributed by atoms with Gasteiger partial charge in [0.15, 0.2) is 4.87 Å². The van der Waals surface area contributed by atoms with Gasteiger partial charge in [-0.05, 0) is 43.3 Å². The van der Waals surface area contributed by atoms with Crippen molar-refractivity contribution in [1.82, 2.24) is 4.90 Å². The van der Waals surface area contributed by atoms with Gasteiger partial charge >= 0.3 is 6.03 Å². The minimum absolute atomic E-state index is 0.0735. The molecule has 2 aliphatic rings. The zero-order chi connectivity index (χ0) is 24.0. The molecule has 2 aliphatic heterocycles. The zero-order valence-corrected chi connectivity index (χ0v) is 19.7. The highest BCUT2D eigenvalue weighted by Gasteiger charge is 2.59. The number of thioether (sulfide) groups is 1. The summed E-state index contributed by atoms with van der Waals surface area (Å²) < 4.78 is 27.9. The molecule has 5 nitrogen and oxygen atoms in total. The number of halogens is 3. The maximum Gasteiger partial charge on any atom is 0.323 e. The topological polar surface area (TPSA) is 52.7 Å². The first-order chi connectivity index (χ1) is 16.3. The van der Waals surface area contributed by atoms with Gasteiger partial charge in [0.2, 0.25) is 0 Å². The van der Waals surface area contributed by atoms with E-state index in [1.807, 2.05) is 25.1 Å². The van der Waals surface area contributed by atoms with Crippen molar-refractivity contribution < 1.29 is 18.4 Å². The van der Waals surface area contributed by atoms with Crippen LogP contribution in [0.3, 0.4) is 0 Å². The Morgan fingerprint density at radius 3 is 2.62 bits per heavy atom. The highest BCUT2D eigenvalue weighted by molar-refractivity contribution is 8.01. The number of benzene rings is 3. The Labute approximate surface area is 204 Å². The summed E-state index contributed by atoms with van der Waals surface area (Å²) in [6, 6.07) is 15.2. The van der Waals surface area contributed by atoms with Crippen LogP contribution in [0.1, 0.15) is 16.7 Å². The second kappa shape index (κ2) is 8.60. The SMILES string of the molecule is Cc1ccc2c(c1)[C@]1(SCCN1C(=O)Nc1ccc(Cl)cc1)C(=O)N2Cc1ccc(F)cc1F. The molecule has 3 amide bonds. The van der Waals surface area contributed by atoms with Crippen molar-refractivity contribution in [3.8, 4) is 0 Å². The Bertz CT molecular complexity index is 1300. The molecule has 1 N–H and O–H groups in total. The van der Waals surface area contributed by atoms with Gasteiger partial charge in [-0.2, -0.15) is 0 Å². The molecule has 0 bridgehead atoms. The van der Waals surface area contributed by atoms with Crippen LogP contribution in [0.2, 0.25) is 5.02 Å². The molecule has 0 radical (unpaired) electrons. The fraction of sp³-hybridized carbons (Fsp3) is 0.200. The first-order valence-electron chi connectivity index (χ1n) is 10.6. The molecule has 174 valence electrons. The molecule has 1 fully saturated rings. The number of fused-ring (bicyclic) bond motifs is 2. The number of nitrogens with zero attached hydrogens (tertiary/aromatic N) is 2. The molecule has 3 aromatic rings. The van der Waals surface area contributed by atoms with E-state index in [4.69, 9.17) is 11.6 Å². The van der Waals surface area contributed by atoms with Crippen LogP contribution in [0.15, 0.2) is 60.7 Å². The Morgan fingerprint density at radius 1 is 1.12 bits per heavy atom. The molecule has 0 aromatic heterocycles. The molecule has 0 saturated carbocycles. The van der Waals surface area contributed by atoms with Crippen LogP contribution >= 0.6 is 23.4 Å². The number of rotatable bonds is 3. The predicted octanol–water partition coefficient (Wildman–Crippen LogP) is 5.91. The first kappa shape index (κ1) is 22.7. The third kappa shape index (κ3) is 3.71. The van der Waals surface area contributed by atoms with Gasteiger partial charge in [0.05, 0.1) is 12.2 Å². The molecule has 1 spiro atoms. The van der Waals surface area contributed by atoms with E-state index in [0.29, 0.717) is 34.3 Å². The largest absolute Gasteiger partial charge is 0.323 e. The molecule has 34 heavy (non-hydrogen) atoms. The van der Waals surface area contributed by atoms with E-state index in [2.05, 4.69) is 5.32 Å². The van der Waals surface area contributed by atoms with Crippen LogP contribution in [0.4, 0.5) is 25.0 Å². The van der Waals surface area contributed by atoms with E-state index in [-0.39, 0.29) is 18.0 Å². The smallest absolute Gasteiger partial charge is 0.308 e. The molecule has 5 rings (SSSR count). The van der Waals surface area contributed by atoms with Gasteiger partial charge in [-0.25, -0.2) is 13.6 Å². The highest BCUT2D eigenvalue weighted by Crippen LogP contribution is 2.54. The Morgan fingerprint density at radius 2 is 1.88 bits per heavy atom. The monoisotopic (exact) mass is 499 g/mol. The minimum Gasteiger partial charge on any atom is -0.308 e. The molecule has 0 aliphatic carbocycles. The summed E-state index contributed by atoms with van der Waals surface area (Å²) in [5.74, 6) is -1.17. The van der Waals surface area contributed by atoms with E-state index in [0.717, 1.165) is 11.6 Å². The maximum atomic E-state index is 14.4. The molecular weight excluding hydrogens is 480 g/mol. The predicted molar refractivity (Wildman–Crippen MR) is 130 cm³/mol. The van der Waals surface area contributed by atoms with Gasteiger partial charge in [0.1, 0.15) is 11.6 Å². The Hall–Kier alpha value is -3.10. The van der Waals surface area contributed by atoms with Crippen LogP contribution in [-0.4, -0.2) is 29.1 Å². The summed E-state index contributed by atoms with van der Waals surface area (Å²) >= 11 is 7.32. The molecule has 2 heterocycles. The second-order valence-corrected chi connectivity index (χ2v) is 9.95. The average Bonchev–Trinajstić information content (AvgIpc) is 3.34. The van der Waals surface area contributed by atoms with Crippen molar-refractivity contribution in [1.29, 1.82) is 0 Å². The molecule has 3 aromatic carbocycles. The summed E-state index contributed by atoms with van der Waals surface area (Å²) in [5, 5.41) is 3.40. The van der Waals surface area contributed by atoms with Crippen molar-refractivity contribution in [2.24, 2.45) is 0 Å². The lowest BCUT2D eigenvalue weighted by atomic mass is 10.0. The summed E-state index contributed by atoms with van der Waals surface area (Å²) in [5.41, 5.74) is 2.98. The minimum atomic E-state index is -1.27. The fourth-order valence-electron chi connectivity index (χ4n) is 4.43. The lowest BCUT2D eigenvalue weighted by Crippen LogP contribution is -2.51. The zero-order valence-electron chi connectivity index (χ0n) is 18.1. The van der Waals surface area contributed by atoms with Gasteiger partial charge in [-0.15, -0.1) is 11.8 Å². The van der Waals surface area contributed by atoms with Crippen molar-refractivity contribution in [3.63, 3.8) is 0 Å². The molecule has 1 atom stereocenters.